The summed E-state index contributed by atoms with van der Waals surface area (Å²) < 4.78 is 5.35. The number of pyridine rings is 1. The highest BCUT2D eigenvalue weighted by Gasteiger charge is 2.23. The summed E-state index contributed by atoms with van der Waals surface area (Å²) in [5, 5.41) is 3.63. The van der Waals surface area contributed by atoms with E-state index in [9.17, 15) is 4.79 Å². The fraction of sp³-hybridized carbons (Fsp3) is 0.333. The molecule has 2 amide bonds. The molecule has 0 aliphatic carbocycles. The monoisotopic (exact) mass is 398 g/mol. The van der Waals surface area contributed by atoms with Gasteiger partial charge >= 0.3 is 6.03 Å². The minimum atomic E-state index is -0.0789. The van der Waals surface area contributed by atoms with Crippen LogP contribution < -0.4 is 10.2 Å². The summed E-state index contributed by atoms with van der Waals surface area (Å²) in [6, 6.07) is 11.6. The second-order valence-electron chi connectivity index (χ2n) is 6.84. The molecule has 4 rings (SSSR count). The molecular formula is C21H23ClN4O2. The molecule has 1 aromatic heterocycles. The van der Waals surface area contributed by atoms with Gasteiger partial charge in [0.15, 0.2) is 0 Å². The van der Waals surface area contributed by atoms with E-state index in [1.165, 1.54) is 11.1 Å². The number of carbonyl (C=O) groups excluding carboxylic acids is 1. The Balaban J connectivity index is 1.32. The largest absolute Gasteiger partial charge is 0.377 e. The van der Waals surface area contributed by atoms with Crippen molar-refractivity contribution in [3.63, 3.8) is 0 Å². The predicted octanol–water partition coefficient (Wildman–Crippen LogP) is 3.89. The Hall–Kier alpha value is -2.57. The SMILES string of the molecule is O=C(Nc1ccc(C2=CCOCC2)cc1)N1CCN(c2ncccc2Cl)CC1. The van der Waals surface area contributed by atoms with Crippen LogP contribution in [0.3, 0.4) is 0 Å². The highest BCUT2D eigenvalue weighted by atomic mass is 35.5. The lowest BCUT2D eigenvalue weighted by molar-refractivity contribution is 0.161. The predicted molar refractivity (Wildman–Crippen MR) is 112 cm³/mol. The first kappa shape index (κ1) is 18.8. The highest BCUT2D eigenvalue weighted by Crippen LogP contribution is 2.24. The molecule has 1 N–H and O–H groups in total. The third kappa shape index (κ3) is 4.29. The highest BCUT2D eigenvalue weighted by molar-refractivity contribution is 6.32. The molecule has 3 heterocycles. The van der Waals surface area contributed by atoms with Crippen LogP contribution in [-0.2, 0) is 4.74 Å². The van der Waals surface area contributed by atoms with E-state index in [0.29, 0.717) is 37.8 Å². The molecule has 0 spiro atoms. The smallest absolute Gasteiger partial charge is 0.321 e. The van der Waals surface area contributed by atoms with Crippen LogP contribution in [0.25, 0.3) is 5.57 Å². The molecule has 0 unspecified atom stereocenters. The molecule has 0 bridgehead atoms. The number of aromatic nitrogens is 1. The van der Waals surface area contributed by atoms with Crippen LogP contribution in [0, 0.1) is 0 Å². The fourth-order valence-electron chi connectivity index (χ4n) is 3.49. The summed E-state index contributed by atoms with van der Waals surface area (Å²) >= 11 is 6.22. The second kappa shape index (κ2) is 8.63. The zero-order valence-corrected chi connectivity index (χ0v) is 16.4. The Morgan fingerprint density at radius 1 is 1.11 bits per heavy atom. The van der Waals surface area contributed by atoms with E-state index >= 15 is 0 Å². The molecule has 1 fully saturated rings. The van der Waals surface area contributed by atoms with Gasteiger partial charge in [-0.1, -0.05) is 29.8 Å². The molecule has 146 valence electrons. The van der Waals surface area contributed by atoms with E-state index in [2.05, 4.69) is 21.3 Å². The number of amides is 2. The Morgan fingerprint density at radius 3 is 2.57 bits per heavy atom. The van der Waals surface area contributed by atoms with E-state index in [1.54, 1.807) is 6.20 Å². The minimum Gasteiger partial charge on any atom is -0.377 e. The first-order chi connectivity index (χ1) is 13.7. The third-order valence-electron chi connectivity index (χ3n) is 5.08. The maximum atomic E-state index is 12.6. The fourth-order valence-corrected chi connectivity index (χ4v) is 3.73. The average molecular weight is 399 g/mol. The number of nitrogens with one attached hydrogen (secondary N) is 1. The molecule has 2 aliphatic rings. The Morgan fingerprint density at radius 2 is 1.89 bits per heavy atom. The van der Waals surface area contributed by atoms with E-state index < -0.39 is 0 Å². The van der Waals surface area contributed by atoms with Gasteiger partial charge < -0.3 is 19.9 Å². The van der Waals surface area contributed by atoms with Crippen molar-refractivity contribution in [1.82, 2.24) is 9.88 Å². The van der Waals surface area contributed by atoms with Crippen LogP contribution in [0.1, 0.15) is 12.0 Å². The summed E-state index contributed by atoms with van der Waals surface area (Å²) in [6.07, 6.45) is 4.78. The van der Waals surface area contributed by atoms with Crippen molar-refractivity contribution in [2.75, 3.05) is 49.6 Å². The molecule has 0 radical (unpaired) electrons. The Labute approximate surface area is 169 Å². The second-order valence-corrected chi connectivity index (χ2v) is 7.25. The maximum Gasteiger partial charge on any atom is 0.321 e. The van der Waals surface area contributed by atoms with Gasteiger partial charge in [-0.15, -0.1) is 0 Å². The van der Waals surface area contributed by atoms with Gasteiger partial charge in [-0.05, 0) is 41.8 Å². The minimum absolute atomic E-state index is 0.0789. The number of rotatable bonds is 3. The van der Waals surface area contributed by atoms with E-state index in [-0.39, 0.29) is 6.03 Å². The van der Waals surface area contributed by atoms with Gasteiger partial charge in [-0.25, -0.2) is 9.78 Å². The van der Waals surface area contributed by atoms with Crippen LogP contribution >= 0.6 is 11.6 Å². The Bertz CT molecular complexity index is 861. The molecule has 28 heavy (non-hydrogen) atoms. The van der Waals surface area contributed by atoms with E-state index in [0.717, 1.165) is 24.5 Å². The lowest BCUT2D eigenvalue weighted by Gasteiger charge is -2.35. The number of piperazine rings is 1. The van der Waals surface area contributed by atoms with Crippen molar-refractivity contribution in [2.45, 2.75) is 6.42 Å². The van der Waals surface area contributed by atoms with Crippen LogP contribution in [0.15, 0.2) is 48.7 Å². The molecule has 6 nitrogen and oxygen atoms in total. The van der Waals surface area contributed by atoms with Crippen LogP contribution in [-0.4, -0.2) is 55.3 Å². The molecular weight excluding hydrogens is 376 g/mol. The Kier molecular flexibility index (Phi) is 5.78. The number of urea groups is 1. The summed E-state index contributed by atoms with van der Waals surface area (Å²) in [7, 11) is 0. The van der Waals surface area contributed by atoms with Gasteiger partial charge in [0.1, 0.15) is 5.82 Å². The topological polar surface area (TPSA) is 57.7 Å². The lowest BCUT2D eigenvalue weighted by Crippen LogP contribution is -2.50. The third-order valence-corrected chi connectivity index (χ3v) is 5.37. The number of anilines is 2. The summed E-state index contributed by atoms with van der Waals surface area (Å²) in [4.78, 5) is 20.9. The van der Waals surface area contributed by atoms with Crippen molar-refractivity contribution >= 4 is 34.7 Å². The lowest BCUT2D eigenvalue weighted by atomic mass is 10.0. The van der Waals surface area contributed by atoms with Gasteiger partial charge in [0.2, 0.25) is 0 Å². The van der Waals surface area contributed by atoms with Crippen molar-refractivity contribution in [1.29, 1.82) is 0 Å². The van der Waals surface area contributed by atoms with Gasteiger partial charge in [-0.3, -0.25) is 0 Å². The molecule has 0 saturated carbocycles. The van der Waals surface area contributed by atoms with Crippen molar-refractivity contribution in [3.8, 4) is 0 Å². The number of carbonyl (C=O) groups is 1. The zero-order chi connectivity index (χ0) is 19.3. The van der Waals surface area contributed by atoms with Crippen molar-refractivity contribution < 1.29 is 9.53 Å². The number of benzene rings is 1. The molecule has 2 aromatic rings. The zero-order valence-electron chi connectivity index (χ0n) is 15.6. The van der Waals surface area contributed by atoms with Crippen molar-refractivity contribution in [2.24, 2.45) is 0 Å². The van der Waals surface area contributed by atoms with Gasteiger partial charge in [0.25, 0.3) is 0 Å². The van der Waals surface area contributed by atoms with E-state index in [4.69, 9.17) is 16.3 Å². The quantitative estimate of drug-likeness (QED) is 0.852. The number of ether oxygens (including phenoxy) is 1. The molecule has 2 aliphatic heterocycles. The number of halogens is 1. The molecule has 0 atom stereocenters. The standard InChI is InChI=1S/C21H23ClN4O2/c22-19-2-1-9-23-20(19)25-10-12-26(13-11-25)21(27)24-18-5-3-16(4-6-18)17-7-14-28-15-8-17/h1-7,9H,8,10-15H2,(H,24,27). The van der Waals surface area contributed by atoms with Crippen LogP contribution in [0.5, 0.6) is 0 Å². The molecule has 1 aromatic carbocycles. The van der Waals surface area contributed by atoms with Crippen molar-refractivity contribution in [3.05, 3.63) is 59.3 Å². The number of nitrogens with zero attached hydrogens (tertiary/aromatic N) is 3. The van der Waals surface area contributed by atoms with E-state index in [1.807, 2.05) is 41.3 Å². The number of hydrogen-bond donors (Lipinski definition) is 1. The van der Waals surface area contributed by atoms with Gasteiger partial charge in [0, 0.05) is 38.1 Å². The maximum absolute atomic E-state index is 12.6. The summed E-state index contributed by atoms with van der Waals surface area (Å²) in [5.41, 5.74) is 3.28. The normalized spacial score (nSPS) is 17.2. The van der Waals surface area contributed by atoms with Crippen LogP contribution in [0.4, 0.5) is 16.3 Å². The first-order valence-electron chi connectivity index (χ1n) is 9.49. The number of hydrogen-bond acceptors (Lipinski definition) is 4. The molecule has 7 heteroatoms. The van der Waals surface area contributed by atoms with Gasteiger partial charge in [0.05, 0.1) is 18.2 Å². The first-order valence-corrected chi connectivity index (χ1v) is 9.87. The van der Waals surface area contributed by atoms with Crippen LogP contribution in [0.2, 0.25) is 5.02 Å². The summed E-state index contributed by atoms with van der Waals surface area (Å²) in [5.74, 6) is 0.780. The average Bonchev–Trinajstić information content (AvgIpc) is 2.75. The summed E-state index contributed by atoms with van der Waals surface area (Å²) in [6.45, 7) is 4.11. The van der Waals surface area contributed by atoms with Gasteiger partial charge in [-0.2, -0.15) is 0 Å². The molecule has 1 saturated heterocycles.